The molecule has 0 amide bonds. The number of rotatable bonds is 3. The molecule has 0 aliphatic rings. The first kappa shape index (κ1) is 11.5. The minimum absolute atomic E-state index is 0.246. The summed E-state index contributed by atoms with van der Waals surface area (Å²) in [6, 6.07) is 8.23. The predicted octanol–water partition coefficient (Wildman–Crippen LogP) is 4.17. The fourth-order valence-corrected chi connectivity index (χ4v) is 1.96. The molecule has 0 saturated heterocycles. The number of aromatic carboxylic acids is 1. The lowest BCUT2D eigenvalue weighted by Crippen LogP contribution is -1.93. The smallest absolute Gasteiger partial charge is 0.335 e. The summed E-state index contributed by atoms with van der Waals surface area (Å²) in [5, 5.41) is 19.7. The van der Waals surface area contributed by atoms with Crippen molar-refractivity contribution in [3.63, 3.8) is 0 Å². The van der Waals surface area contributed by atoms with Crippen LogP contribution in [0.15, 0.2) is 45.9 Å². The van der Waals surface area contributed by atoms with Crippen LogP contribution in [0.25, 0.3) is 0 Å². The Morgan fingerprint density at radius 1 is 1.24 bits per heavy atom. The molecule has 86 valence electrons. The largest absolute Gasteiger partial charge is 0.478 e. The predicted molar refractivity (Wildman–Crippen MR) is 66.6 cm³/mol. The van der Waals surface area contributed by atoms with E-state index in [1.54, 1.807) is 12.1 Å². The molecule has 0 saturated carbocycles. The molecule has 0 fully saturated rings. The first-order valence-electron chi connectivity index (χ1n) is 4.95. The molecule has 0 unspecified atom stereocenters. The Labute approximate surface area is 102 Å². The van der Waals surface area contributed by atoms with Gasteiger partial charge in [-0.1, -0.05) is 0 Å². The monoisotopic (exact) mass is 246 g/mol. The highest BCUT2D eigenvalue weighted by atomic mass is 32.1. The van der Waals surface area contributed by atoms with Crippen molar-refractivity contribution in [3.05, 3.63) is 46.8 Å². The van der Waals surface area contributed by atoms with Gasteiger partial charge in [-0.05, 0) is 48.2 Å². The molecule has 0 aliphatic heterocycles. The lowest BCUT2D eigenvalue weighted by Gasteiger charge is -1.94. The van der Waals surface area contributed by atoms with Crippen LogP contribution in [0.4, 0.5) is 10.7 Å². The van der Waals surface area contributed by atoms with Crippen molar-refractivity contribution in [2.75, 3.05) is 0 Å². The Balaban J connectivity index is 2.13. The van der Waals surface area contributed by atoms with Gasteiger partial charge in [0.25, 0.3) is 0 Å². The van der Waals surface area contributed by atoms with Crippen LogP contribution in [-0.2, 0) is 0 Å². The van der Waals surface area contributed by atoms with E-state index in [4.69, 9.17) is 5.11 Å². The topological polar surface area (TPSA) is 62.0 Å². The van der Waals surface area contributed by atoms with Crippen molar-refractivity contribution in [1.82, 2.24) is 0 Å². The van der Waals surface area contributed by atoms with Gasteiger partial charge in [0, 0.05) is 0 Å². The van der Waals surface area contributed by atoms with E-state index in [0.29, 0.717) is 5.69 Å². The van der Waals surface area contributed by atoms with Gasteiger partial charge in [-0.15, -0.1) is 21.6 Å². The van der Waals surface area contributed by atoms with E-state index in [0.717, 1.165) is 10.6 Å². The minimum atomic E-state index is -0.942. The molecule has 0 atom stereocenters. The van der Waals surface area contributed by atoms with Crippen molar-refractivity contribution in [2.45, 2.75) is 6.92 Å². The first-order chi connectivity index (χ1) is 8.15. The quantitative estimate of drug-likeness (QED) is 0.826. The number of thiophene rings is 1. The molecule has 0 aliphatic carbocycles. The maximum absolute atomic E-state index is 10.6. The number of carboxylic acid groups (broad SMARTS) is 1. The van der Waals surface area contributed by atoms with E-state index in [-0.39, 0.29) is 5.56 Å². The standard InChI is InChI=1S/C12H10N2O2S/c1-8-6-11(17-7-8)14-13-10-4-2-9(3-5-10)12(15)16/h2-7H,1H3,(H,15,16). The Kier molecular flexibility index (Phi) is 3.30. The van der Waals surface area contributed by atoms with Crippen LogP contribution >= 0.6 is 11.3 Å². The van der Waals surface area contributed by atoms with E-state index in [2.05, 4.69) is 10.2 Å². The molecule has 1 aromatic heterocycles. The summed E-state index contributed by atoms with van der Waals surface area (Å²) in [5.74, 6) is -0.942. The summed E-state index contributed by atoms with van der Waals surface area (Å²) in [4.78, 5) is 10.6. The number of carbonyl (C=O) groups is 1. The lowest BCUT2D eigenvalue weighted by atomic mass is 10.2. The fourth-order valence-electron chi connectivity index (χ4n) is 1.25. The van der Waals surface area contributed by atoms with Gasteiger partial charge in [0.05, 0.1) is 11.3 Å². The van der Waals surface area contributed by atoms with Gasteiger partial charge in [0.15, 0.2) is 0 Å². The number of hydrogen-bond acceptors (Lipinski definition) is 4. The highest BCUT2D eigenvalue weighted by molar-refractivity contribution is 7.13. The summed E-state index contributed by atoms with van der Waals surface area (Å²) in [7, 11) is 0. The van der Waals surface area contributed by atoms with Gasteiger partial charge in [-0.25, -0.2) is 4.79 Å². The van der Waals surface area contributed by atoms with Crippen molar-refractivity contribution < 1.29 is 9.90 Å². The zero-order valence-electron chi connectivity index (χ0n) is 9.12. The van der Waals surface area contributed by atoms with Crippen LogP contribution in [0, 0.1) is 6.92 Å². The molecule has 5 heteroatoms. The Morgan fingerprint density at radius 3 is 2.47 bits per heavy atom. The van der Waals surface area contributed by atoms with Gasteiger partial charge < -0.3 is 5.11 Å². The van der Waals surface area contributed by atoms with Crippen LogP contribution in [-0.4, -0.2) is 11.1 Å². The first-order valence-corrected chi connectivity index (χ1v) is 5.83. The molecule has 1 N–H and O–H groups in total. The van der Waals surface area contributed by atoms with Crippen molar-refractivity contribution in [2.24, 2.45) is 10.2 Å². The van der Waals surface area contributed by atoms with Crippen molar-refractivity contribution in [1.29, 1.82) is 0 Å². The maximum Gasteiger partial charge on any atom is 0.335 e. The van der Waals surface area contributed by atoms with Crippen LogP contribution in [0.3, 0.4) is 0 Å². The maximum atomic E-state index is 10.6. The molecule has 0 spiro atoms. The normalized spacial score (nSPS) is 10.9. The third-order valence-corrected chi connectivity index (χ3v) is 3.03. The number of nitrogens with zero attached hydrogens (tertiary/aromatic N) is 2. The van der Waals surface area contributed by atoms with Gasteiger partial charge in [-0.3, -0.25) is 0 Å². The summed E-state index contributed by atoms with van der Waals surface area (Å²) in [6.07, 6.45) is 0. The molecule has 2 aromatic rings. The van der Waals surface area contributed by atoms with Crippen LogP contribution in [0.2, 0.25) is 0 Å². The Morgan fingerprint density at radius 2 is 1.94 bits per heavy atom. The van der Waals surface area contributed by atoms with Gasteiger partial charge >= 0.3 is 5.97 Å². The highest BCUT2D eigenvalue weighted by Crippen LogP contribution is 2.25. The molecule has 1 aromatic carbocycles. The molecular formula is C12H10N2O2S. The van der Waals surface area contributed by atoms with Crippen molar-refractivity contribution in [3.8, 4) is 0 Å². The summed E-state index contributed by atoms with van der Waals surface area (Å²) in [5.41, 5.74) is 2.04. The number of benzene rings is 1. The average molecular weight is 246 g/mol. The number of aryl methyl sites for hydroxylation is 1. The summed E-state index contributed by atoms with van der Waals surface area (Å²) < 4.78 is 0. The number of carboxylic acids is 1. The number of hydrogen-bond donors (Lipinski definition) is 1. The Hall–Kier alpha value is -2.01. The molecule has 17 heavy (non-hydrogen) atoms. The van der Waals surface area contributed by atoms with Crippen LogP contribution in [0.5, 0.6) is 0 Å². The van der Waals surface area contributed by atoms with Crippen molar-refractivity contribution >= 4 is 28.0 Å². The van der Waals surface area contributed by atoms with Crippen LogP contribution in [0.1, 0.15) is 15.9 Å². The third kappa shape index (κ3) is 2.98. The molecular weight excluding hydrogens is 236 g/mol. The molecule has 0 radical (unpaired) electrons. The zero-order chi connectivity index (χ0) is 12.3. The van der Waals surface area contributed by atoms with Crippen LogP contribution < -0.4 is 0 Å². The summed E-state index contributed by atoms with van der Waals surface area (Å²) in [6.45, 7) is 2.00. The second-order valence-electron chi connectivity index (χ2n) is 3.51. The summed E-state index contributed by atoms with van der Waals surface area (Å²) >= 11 is 1.52. The molecule has 4 nitrogen and oxygen atoms in total. The third-order valence-electron chi connectivity index (χ3n) is 2.09. The van der Waals surface area contributed by atoms with E-state index in [1.807, 2.05) is 18.4 Å². The second kappa shape index (κ2) is 4.88. The van der Waals surface area contributed by atoms with Gasteiger partial charge in [0.1, 0.15) is 5.00 Å². The second-order valence-corrected chi connectivity index (χ2v) is 4.40. The molecule has 0 bridgehead atoms. The fraction of sp³-hybridized carbons (Fsp3) is 0.0833. The van der Waals surface area contributed by atoms with Gasteiger partial charge in [0.2, 0.25) is 0 Å². The SMILES string of the molecule is Cc1csc(N=Nc2ccc(C(=O)O)cc2)c1. The lowest BCUT2D eigenvalue weighted by molar-refractivity contribution is 0.0697. The number of azo groups is 1. The van der Waals surface area contributed by atoms with E-state index < -0.39 is 5.97 Å². The van der Waals surface area contributed by atoms with E-state index in [1.165, 1.54) is 23.5 Å². The highest BCUT2D eigenvalue weighted by Gasteiger charge is 2.01. The zero-order valence-corrected chi connectivity index (χ0v) is 9.94. The van der Waals surface area contributed by atoms with E-state index >= 15 is 0 Å². The average Bonchev–Trinajstić information content (AvgIpc) is 2.73. The Bertz CT molecular complexity index is 558. The van der Waals surface area contributed by atoms with Gasteiger partial charge in [-0.2, -0.15) is 0 Å². The minimum Gasteiger partial charge on any atom is -0.478 e. The molecule has 2 rings (SSSR count). The molecule has 1 heterocycles. The van der Waals surface area contributed by atoms with E-state index in [9.17, 15) is 4.79 Å².